The van der Waals surface area contributed by atoms with Crippen molar-refractivity contribution in [3.05, 3.63) is 74.6 Å². The number of carbonyl (C=O) groups excluding carboxylic acids is 2. The number of nitrogens with one attached hydrogen (secondary N) is 1. The van der Waals surface area contributed by atoms with Crippen LogP contribution in [0.25, 0.3) is 4.85 Å². The van der Waals surface area contributed by atoms with E-state index in [0.717, 1.165) is 5.56 Å². The first kappa shape index (κ1) is 13.8. The molecule has 0 fully saturated rings. The van der Waals surface area contributed by atoms with Crippen LogP contribution in [0.3, 0.4) is 0 Å². The fourth-order valence-corrected chi connectivity index (χ4v) is 2.42. The summed E-state index contributed by atoms with van der Waals surface area (Å²) in [6, 6.07) is 8.13. The van der Waals surface area contributed by atoms with Gasteiger partial charge < -0.3 is 4.42 Å². The molecular weight excluding hydrogens is 284 g/mol. The average Bonchev–Trinajstić information content (AvgIpc) is 2.46. The zero-order valence-corrected chi connectivity index (χ0v) is 11.4. The molecular formula is C16H10N2O4. The number of hydrogen-bond acceptors (Lipinski definition) is 4. The van der Waals surface area contributed by atoms with Gasteiger partial charge in [-0.15, -0.1) is 0 Å². The van der Waals surface area contributed by atoms with E-state index < -0.39 is 17.4 Å². The topological polar surface area (TPSA) is 80.7 Å². The quantitative estimate of drug-likeness (QED) is 0.673. The first-order chi connectivity index (χ1) is 10.6. The minimum Gasteiger partial charge on any atom is -0.426 e. The van der Waals surface area contributed by atoms with Crippen molar-refractivity contribution in [3.63, 3.8) is 0 Å². The number of amides is 2. The van der Waals surface area contributed by atoms with Gasteiger partial charge in [0.15, 0.2) is 5.69 Å². The van der Waals surface area contributed by atoms with Crippen LogP contribution < -0.4 is 10.9 Å². The minimum atomic E-state index is -0.589. The van der Waals surface area contributed by atoms with Gasteiger partial charge in [-0.1, -0.05) is 24.3 Å². The molecule has 0 atom stereocenters. The van der Waals surface area contributed by atoms with Crippen LogP contribution in [0.15, 0.2) is 39.5 Å². The second-order valence-corrected chi connectivity index (χ2v) is 4.90. The molecule has 108 valence electrons. The second kappa shape index (κ2) is 5.30. The van der Waals surface area contributed by atoms with Crippen LogP contribution >= 0.6 is 0 Å². The van der Waals surface area contributed by atoms with Crippen LogP contribution in [0, 0.1) is 6.57 Å². The summed E-state index contributed by atoms with van der Waals surface area (Å²) in [6.07, 6.45) is 0.217. The van der Waals surface area contributed by atoms with E-state index in [0.29, 0.717) is 17.7 Å². The number of nitrogens with zero attached hydrogens (tertiary/aromatic N) is 1. The maximum atomic E-state index is 12.0. The zero-order chi connectivity index (χ0) is 15.7. The summed E-state index contributed by atoms with van der Waals surface area (Å²) < 4.78 is 4.98. The lowest BCUT2D eigenvalue weighted by Crippen LogP contribution is -2.38. The molecule has 1 aliphatic rings. The fourth-order valence-electron chi connectivity index (χ4n) is 2.42. The van der Waals surface area contributed by atoms with Gasteiger partial charge in [0.25, 0.3) is 5.91 Å². The van der Waals surface area contributed by atoms with Crippen LogP contribution in [0.4, 0.5) is 5.69 Å². The predicted octanol–water partition coefficient (Wildman–Crippen LogP) is 1.59. The molecule has 3 rings (SSSR count). The predicted molar refractivity (Wildman–Crippen MR) is 76.7 cm³/mol. The first-order valence-electron chi connectivity index (χ1n) is 6.53. The Hall–Kier alpha value is -3.20. The first-order valence-corrected chi connectivity index (χ1v) is 6.53. The van der Waals surface area contributed by atoms with Gasteiger partial charge in [-0.05, 0) is 17.5 Å². The van der Waals surface area contributed by atoms with Crippen molar-refractivity contribution in [2.24, 2.45) is 0 Å². The van der Waals surface area contributed by atoms with Gasteiger partial charge >= 0.3 is 5.63 Å². The molecule has 6 nitrogen and oxygen atoms in total. The molecule has 2 amide bonds. The number of imide groups is 1. The molecule has 0 saturated heterocycles. The van der Waals surface area contributed by atoms with Crippen molar-refractivity contribution in [2.75, 3.05) is 0 Å². The Morgan fingerprint density at radius 1 is 1.18 bits per heavy atom. The molecule has 1 aromatic carbocycles. The number of carbonyl (C=O) groups is 2. The Morgan fingerprint density at radius 3 is 2.59 bits per heavy atom. The minimum absolute atomic E-state index is 0.106. The van der Waals surface area contributed by atoms with Gasteiger partial charge in [-0.25, -0.2) is 9.64 Å². The third kappa shape index (κ3) is 2.52. The Labute approximate surface area is 125 Å². The maximum Gasteiger partial charge on any atom is 0.336 e. The zero-order valence-electron chi connectivity index (χ0n) is 11.4. The van der Waals surface area contributed by atoms with Gasteiger partial charge in [0, 0.05) is 6.07 Å². The number of rotatable bonds is 2. The van der Waals surface area contributed by atoms with Crippen molar-refractivity contribution >= 4 is 17.5 Å². The fraction of sp³-hybridized carbons (Fsp3) is 0.125. The molecule has 0 unspecified atom stereocenters. The monoisotopic (exact) mass is 294 g/mol. The SMILES string of the molecule is [C-]#[N+]c1ccc(Cc2cc(=O)oc3c2C(=O)NC(=O)C3)cc1. The molecule has 0 bridgehead atoms. The van der Waals surface area contributed by atoms with E-state index in [1.165, 1.54) is 6.07 Å². The number of hydrogen-bond donors (Lipinski definition) is 1. The third-order valence-electron chi connectivity index (χ3n) is 3.38. The van der Waals surface area contributed by atoms with E-state index in [-0.39, 0.29) is 17.7 Å². The van der Waals surface area contributed by atoms with E-state index in [4.69, 9.17) is 11.0 Å². The molecule has 0 spiro atoms. The van der Waals surface area contributed by atoms with E-state index in [1.807, 2.05) is 0 Å². The van der Waals surface area contributed by atoms with Crippen LogP contribution in [0.2, 0.25) is 0 Å². The summed E-state index contributed by atoms with van der Waals surface area (Å²) in [4.78, 5) is 38.3. The van der Waals surface area contributed by atoms with Crippen molar-refractivity contribution < 1.29 is 14.0 Å². The van der Waals surface area contributed by atoms with Crippen molar-refractivity contribution in [1.82, 2.24) is 5.32 Å². The molecule has 0 radical (unpaired) electrons. The van der Waals surface area contributed by atoms with Gasteiger partial charge in [-0.2, -0.15) is 0 Å². The Balaban J connectivity index is 2.03. The molecule has 1 N–H and O–H groups in total. The van der Waals surface area contributed by atoms with E-state index in [1.54, 1.807) is 24.3 Å². The Kier molecular flexibility index (Phi) is 3.31. The van der Waals surface area contributed by atoms with Crippen LogP contribution in [-0.4, -0.2) is 11.8 Å². The van der Waals surface area contributed by atoms with Crippen LogP contribution in [-0.2, 0) is 17.6 Å². The van der Waals surface area contributed by atoms with Gasteiger partial charge in [0.05, 0.1) is 18.6 Å². The normalized spacial score (nSPS) is 13.2. The molecule has 0 saturated carbocycles. The molecule has 2 aromatic rings. The van der Waals surface area contributed by atoms with Gasteiger partial charge in [0.2, 0.25) is 5.91 Å². The molecule has 2 heterocycles. The largest absolute Gasteiger partial charge is 0.426 e. The lowest BCUT2D eigenvalue weighted by atomic mass is 9.96. The lowest BCUT2D eigenvalue weighted by Gasteiger charge is -2.16. The highest BCUT2D eigenvalue weighted by Gasteiger charge is 2.28. The number of benzene rings is 1. The molecule has 1 aromatic heterocycles. The lowest BCUT2D eigenvalue weighted by molar-refractivity contribution is -0.120. The average molecular weight is 294 g/mol. The smallest absolute Gasteiger partial charge is 0.336 e. The number of fused-ring (bicyclic) bond motifs is 1. The van der Waals surface area contributed by atoms with E-state index >= 15 is 0 Å². The summed E-state index contributed by atoms with van der Waals surface area (Å²) in [5.41, 5.74) is 1.53. The van der Waals surface area contributed by atoms with Crippen molar-refractivity contribution in [1.29, 1.82) is 0 Å². The molecule has 1 aliphatic heterocycles. The van der Waals surface area contributed by atoms with E-state index in [2.05, 4.69) is 10.2 Å². The van der Waals surface area contributed by atoms with Crippen LogP contribution in [0.5, 0.6) is 0 Å². The van der Waals surface area contributed by atoms with Crippen LogP contribution in [0.1, 0.15) is 27.2 Å². The third-order valence-corrected chi connectivity index (χ3v) is 3.38. The Bertz CT molecular complexity index is 872. The van der Waals surface area contributed by atoms with Gasteiger partial charge in [0.1, 0.15) is 5.76 Å². The molecule has 6 heteroatoms. The summed E-state index contributed by atoms with van der Waals surface area (Å²) in [7, 11) is 0. The molecule has 0 aliphatic carbocycles. The summed E-state index contributed by atoms with van der Waals surface area (Å²) in [5, 5.41) is 2.22. The molecule has 22 heavy (non-hydrogen) atoms. The Morgan fingerprint density at radius 2 is 1.91 bits per heavy atom. The van der Waals surface area contributed by atoms with Crippen molar-refractivity contribution in [3.8, 4) is 0 Å². The standard InChI is InChI=1S/C16H10N2O4/c1-17-11-4-2-9(3-5-11)6-10-7-14(20)22-12-8-13(19)18-16(21)15(10)12/h2-5,7H,6,8H2,(H,18,19,21). The second-order valence-electron chi connectivity index (χ2n) is 4.90. The summed E-state index contributed by atoms with van der Waals surface area (Å²) in [5.74, 6) is -0.934. The summed E-state index contributed by atoms with van der Waals surface area (Å²) >= 11 is 0. The van der Waals surface area contributed by atoms with E-state index in [9.17, 15) is 14.4 Å². The van der Waals surface area contributed by atoms with Gasteiger partial charge in [-0.3, -0.25) is 14.9 Å². The maximum absolute atomic E-state index is 12.0. The highest BCUT2D eigenvalue weighted by atomic mass is 16.4. The summed E-state index contributed by atoms with van der Waals surface area (Å²) in [6.45, 7) is 6.92. The highest BCUT2D eigenvalue weighted by molar-refractivity contribution is 6.09. The highest BCUT2D eigenvalue weighted by Crippen LogP contribution is 2.21. The van der Waals surface area contributed by atoms with Crippen molar-refractivity contribution in [2.45, 2.75) is 12.8 Å².